The van der Waals surface area contributed by atoms with Gasteiger partial charge in [0.05, 0.1) is 12.7 Å². The molecular weight excluding hydrogens is 252 g/mol. The molecule has 1 heterocycles. The molecule has 120 valence electrons. The van der Waals surface area contributed by atoms with Gasteiger partial charge in [-0.25, -0.2) is 0 Å². The first-order valence-electron chi connectivity index (χ1n) is 8.36. The summed E-state index contributed by atoms with van der Waals surface area (Å²) >= 11 is 0. The van der Waals surface area contributed by atoms with Crippen LogP contribution in [0.5, 0.6) is 0 Å². The number of rotatable bonds is 10. The third-order valence-electron chi connectivity index (χ3n) is 4.00. The van der Waals surface area contributed by atoms with Gasteiger partial charge in [0, 0.05) is 31.8 Å². The normalized spacial score (nSPS) is 21.6. The Balaban J connectivity index is 2.26. The molecule has 0 aromatic carbocycles. The lowest BCUT2D eigenvalue weighted by molar-refractivity contribution is 0.00791. The molecular formula is C16H34N2O2. The fourth-order valence-electron chi connectivity index (χ4n) is 2.65. The van der Waals surface area contributed by atoms with Crippen molar-refractivity contribution in [3.8, 4) is 0 Å². The molecule has 0 radical (unpaired) electrons. The van der Waals surface area contributed by atoms with Crippen molar-refractivity contribution < 1.29 is 9.84 Å². The van der Waals surface area contributed by atoms with E-state index in [1.807, 2.05) is 0 Å². The molecule has 2 atom stereocenters. The summed E-state index contributed by atoms with van der Waals surface area (Å²) in [5.41, 5.74) is 0. The van der Waals surface area contributed by atoms with Crippen molar-refractivity contribution >= 4 is 0 Å². The average Bonchev–Trinajstić information content (AvgIpc) is 2.44. The van der Waals surface area contributed by atoms with Gasteiger partial charge in [0.15, 0.2) is 0 Å². The Hall–Kier alpha value is -0.160. The van der Waals surface area contributed by atoms with Gasteiger partial charge in [-0.1, -0.05) is 19.8 Å². The largest absolute Gasteiger partial charge is 0.389 e. The first-order chi connectivity index (χ1) is 9.63. The number of aliphatic hydroxyl groups is 1. The zero-order valence-electron chi connectivity index (χ0n) is 13.6. The Morgan fingerprint density at radius 1 is 1.35 bits per heavy atom. The van der Waals surface area contributed by atoms with Gasteiger partial charge in [-0.3, -0.25) is 4.90 Å². The van der Waals surface area contributed by atoms with Crippen LogP contribution in [0.4, 0.5) is 0 Å². The van der Waals surface area contributed by atoms with Gasteiger partial charge in [0.1, 0.15) is 0 Å². The number of nitrogens with one attached hydrogen (secondary N) is 1. The van der Waals surface area contributed by atoms with Crippen molar-refractivity contribution in [3.05, 3.63) is 0 Å². The zero-order chi connectivity index (χ0) is 14.8. The SMILES string of the molecule is CCCCOCC(O)CN(CC1CCCCN1)C(C)C. The van der Waals surface area contributed by atoms with E-state index in [1.165, 1.54) is 19.3 Å². The maximum atomic E-state index is 10.1. The van der Waals surface area contributed by atoms with E-state index in [0.29, 0.717) is 25.2 Å². The Kier molecular flexibility index (Phi) is 9.44. The second-order valence-electron chi connectivity index (χ2n) is 6.28. The molecule has 4 nitrogen and oxygen atoms in total. The van der Waals surface area contributed by atoms with Gasteiger partial charge in [-0.05, 0) is 39.7 Å². The maximum Gasteiger partial charge on any atom is 0.0900 e. The van der Waals surface area contributed by atoms with Crippen molar-refractivity contribution in [2.75, 3.05) is 32.8 Å². The smallest absolute Gasteiger partial charge is 0.0900 e. The van der Waals surface area contributed by atoms with E-state index in [9.17, 15) is 5.11 Å². The Morgan fingerprint density at radius 3 is 2.75 bits per heavy atom. The van der Waals surface area contributed by atoms with Crippen molar-refractivity contribution in [2.45, 2.75) is 71.1 Å². The highest BCUT2D eigenvalue weighted by Crippen LogP contribution is 2.11. The summed E-state index contributed by atoms with van der Waals surface area (Å²) in [5, 5.41) is 13.7. The minimum atomic E-state index is -0.377. The predicted octanol–water partition coefficient (Wildman–Crippen LogP) is 2.02. The first kappa shape index (κ1) is 17.9. The standard InChI is InChI=1S/C16H34N2O2/c1-4-5-10-20-13-16(19)12-18(14(2)3)11-15-8-6-7-9-17-15/h14-17,19H,4-13H2,1-3H3. The molecule has 1 fully saturated rings. The molecule has 2 unspecified atom stereocenters. The molecule has 0 saturated carbocycles. The Morgan fingerprint density at radius 2 is 2.15 bits per heavy atom. The molecule has 2 N–H and O–H groups in total. The lowest BCUT2D eigenvalue weighted by atomic mass is 10.0. The molecule has 0 aromatic heterocycles. The fraction of sp³-hybridized carbons (Fsp3) is 1.00. The van der Waals surface area contributed by atoms with Crippen molar-refractivity contribution in [2.24, 2.45) is 0 Å². The van der Waals surface area contributed by atoms with E-state index in [1.54, 1.807) is 0 Å². The highest BCUT2D eigenvalue weighted by molar-refractivity contribution is 4.79. The molecule has 4 heteroatoms. The van der Waals surface area contributed by atoms with E-state index in [4.69, 9.17) is 4.74 Å². The van der Waals surface area contributed by atoms with Crippen LogP contribution in [0.3, 0.4) is 0 Å². The predicted molar refractivity (Wildman–Crippen MR) is 84.1 cm³/mol. The van der Waals surface area contributed by atoms with E-state index < -0.39 is 0 Å². The molecule has 1 rings (SSSR count). The van der Waals surface area contributed by atoms with Gasteiger partial charge in [-0.2, -0.15) is 0 Å². The summed E-state index contributed by atoms with van der Waals surface area (Å²) in [4.78, 5) is 2.37. The van der Waals surface area contributed by atoms with Crippen molar-refractivity contribution in [1.29, 1.82) is 0 Å². The van der Waals surface area contributed by atoms with Crippen LogP contribution in [-0.4, -0.2) is 61.0 Å². The quantitative estimate of drug-likeness (QED) is 0.603. The number of aliphatic hydroxyl groups excluding tert-OH is 1. The van der Waals surface area contributed by atoms with Crippen LogP contribution < -0.4 is 5.32 Å². The maximum absolute atomic E-state index is 10.1. The van der Waals surface area contributed by atoms with Crippen LogP contribution >= 0.6 is 0 Å². The number of hydrogen-bond acceptors (Lipinski definition) is 4. The monoisotopic (exact) mass is 286 g/mol. The van der Waals surface area contributed by atoms with Crippen LogP contribution in [0.25, 0.3) is 0 Å². The third-order valence-corrected chi connectivity index (χ3v) is 4.00. The molecule has 1 aliphatic rings. The minimum absolute atomic E-state index is 0.377. The summed E-state index contributed by atoms with van der Waals surface area (Å²) in [5.74, 6) is 0. The third kappa shape index (κ3) is 7.58. The van der Waals surface area contributed by atoms with Gasteiger partial charge in [0.25, 0.3) is 0 Å². The highest BCUT2D eigenvalue weighted by Gasteiger charge is 2.20. The molecule has 0 spiro atoms. The fourth-order valence-corrected chi connectivity index (χ4v) is 2.65. The number of hydrogen-bond donors (Lipinski definition) is 2. The van der Waals surface area contributed by atoms with Crippen molar-refractivity contribution in [3.63, 3.8) is 0 Å². The number of ether oxygens (including phenoxy) is 1. The van der Waals surface area contributed by atoms with E-state index in [0.717, 1.165) is 32.5 Å². The van der Waals surface area contributed by atoms with Gasteiger partial charge < -0.3 is 15.2 Å². The van der Waals surface area contributed by atoms with E-state index in [2.05, 4.69) is 31.0 Å². The molecule has 0 amide bonds. The van der Waals surface area contributed by atoms with Crippen LogP contribution in [0.15, 0.2) is 0 Å². The highest BCUT2D eigenvalue weighted by atomic mass is 16.5. The number of nitrogens with zero attached hydrogens (tertiary/aromatic N) is 1. The van der Waals surface area contributed by atoms with Crippen LogP contribution in [-0.2, 0) is 4.74 Å². The summed E-state index contributed by atoms with van der Waals surface area (Å²) in [6.45, 7) is 10.7. The van der Waals surface area contributed by atoms with Crippen molar-refractivity contribution in [1.82, 2.24) is 10.2 Å². The molecule has 1 saturated heterocycles. The topological polar surface area (TPSA) is 44.7 Å². The minimum Gasteiger partial charge on any atom is -0.389 e. The van der Waals surface area contributed by atoms with Crippen LogP contribution in [0.1, 0.15) is 52.9 Å². The molecule has 1 aliphatic heterocycles. The number of unbranched alkanes of at least 4 members (excludes halogenated alkanes) is 1. The van der Waals surface area contributed by atoms with Crippen LogP contribution in [0, 0.1) is 0 Å². The summed E-state index contributed by atoms with van der Waals surface area (Å²) in [7, 11) is 0. The molecule has 0 bridgehead atoms. The molecule has 0 aliphatic carbocycles. The average molecular weight is 286 g/mol. The number of piperidine rings is 1. The van der Waals surface area contributed by atoms with Gasteiger partial charge >= 0.3 is 0 Å². The second-order valence-corrected chi connectivity index (χ2v) is 6.28. The zero-order valence-corrected chi connectivity index (χ0v) is 13.6. The van der Waals surface area contributed by atoms with E-state index in [-0.39, 0.29) is 6.10 Å². The Labute approximate surface area is 124 Å². The Bertz CT molecular complexity index is 231. The van der Waals surface area contributed by atoms with Gasteiger partial charge in [-0.15, -0.1) is 0 Å². The summed E-state index contributed by atoms with van der Waals surface area (Å²) in [6, 6.07) is 1.04. The first-order valence-corrected chi connectivity index (χ1v) is 8.36. The molecule has 20 heavy (non-hydrogen) atoms. The van der Waals surface area contributed by atoms with Crippen LogP contribution in [0.2, 0.25) is 0 Å². The lowest BCUT2D eigenvalue weighted by Gasteiger charge is -2.34. The summed E-state index contributed by atoms with van der Waals surface area (Å²) < 4.78 is 5.51. The molecule has 0 aromatic rings. The van der Waals surface area contributed by atoms with Gasteiger partial charge in [0.2, 0.25) is 0 Å². The van der Waals surface area contributed by atoms with E-state index >= 15 is 0 Å². The summed E-state index contributed by atoms with van der Waals surface area (Å²) in [6.07, 6.45) is 5.72. The lowest BCUT2D eigenvalue weighted by Crippen LogP contribution is -2.48. The second kappa shape index (κ2) is 10.6.